The van der Waals surface area contributed by atoms with E-state index in [1.54, 1.807) is 12.1 Å². The van der Waals surface area contributed by atoms with Crippen molar-refractivity contribution in [1.82, 2.24) is 9.97 Å². The summed E-state index contributed by atoms with van der Waals surface area (Å²) in [5, 5.41) is 5.66. The largest absolute Gasteiger partial charge is 0.370 e. The molecule has 6 heteroatoms. The average Bonchev–Trinajstić information content (AvgIpc) is 2.45. The first kappa shape index (κ1) is 13.9. The summed E-state index contributed by atoms with van der Waals surface area (Å²) < 4.78 is 13.0. The van der Waals surface area contributed by atoms with Gasteiger partial charge in [-0.1, -0.05) is 13.0 Å². The van der Waals surface area contributed by atoms with Gasteiger partial charge in [-0.25, -0.2) is 14.4 Å². The van der Waals surface area contributed by atoms with Crippen molar-refractivity contribution in [3.8, 4) is 0 Å². The molecule has 0 aliphatic rings. The number of nitrogens with zero attached hydrogens (tertiary/aromatic N) is 2. The second-order valence-electron chi connectivity index (χ2n) is 4.18. The van der Waals surface area contributed by atoms with E-state index in [-0.39, 0.29) is 5.69 Å². The van der Waals surface area contributed by atoms with Crippen LogP contribution in [0.5, 0.6) is 0 Å². The third kappa shape index (κ3) is 3.74. The first-order chi connectivity index (χ1) is 9.69. The molecule has 5 nitrogen and oxygen atoms in total. The van der Waals surface area contributed by atoms with Crippen LogP contribution < -0.4 is 10.6 Å². The zero-order valence-electron chi connectivity index (χ0n) is 11.1. The Morgan fingerprint density at radius 3 is 2.90 bits per heavy atom. The van der Waals surface area contributed by atoms with Gasteiger partial charge in [-0.15, -0.1) is 0 Å². The lowest BCUT2D eigenvalue weighted by Gasteiger charge is -2.07. The second kappa shape index (κ2) is 6.60. The highest BCUT2D eigenvalue weighted by atomic mass is 19.1. The van der Waals surface area contributed by atoms with Crippen LogP contribution in [0.15, 0.2) is 36.7 Å². The fraction of sp³-hybridized carbons (Fsp3) is 0.214. The molecule has 1 amide bonds. The maximum atomic E-state index is 13.0. The van der Waals surface area contributed by atoms with Gasteiger partial charge < -0.3 is 10.6 Å². The summed E-state index contributed by atoms with van der Waals surface area (Å²) in [6.45, 7) is 2.80. The van der Waals surface area contributed by atoms with E-state index in [2.05, 4.69) is 20.6 Å². The molecule has 20 heavy (non-hydrogen) atoms. The Balaban J connectivity index is 2.09. The van der Waals surface area contributed by atoms with E-state index in [0.29, 0.717) is 11.5 Å². The smallest absolute Gasteiger partial charge is 0.274 e. The molecule has 0 saturated heterocycles. The Morgan fingerprint density at radius 2 is 2.15 bits per heavy atom. The normalized spacial score (nSPS) is 10.1. The van der Waals surface area contributed by atoms with Gasteiger partial charge in [0.05, 0.1) is 0 Å². The molecule has 1 heterocycles. The summed E-state index contributed by atoms with van der Waals surface area (Å²) in [6.07, 6.45) is 2.27. The second-order valence-corrected chi connectivity index (χ2v) is 4.18. The number of nitrogens with one attached hydrogen (secondary N) is 2. The zero-order valence-corrected chi connectivity index (χ0v) is 11.1. The molecule has 1 aromatic carbocycles. The molecule has 0 spiro atoms. The maximum absolute atomic E-state index is 13.0. The minimum atomic E-state index is -0.407. The summed E-state index contributed by atoms with van der Waals surface area (Å²) in [5.74, 6) is -0.223. The van der Waals surface area contributed by atoms with Crippen LogP contribution in [0.4, 0.5) is 15.9 Å². The van der Waals surface area contributed by atoms with Crippen molar-refractivity contribution in [1.29, 1.82) is 0 Å². The minimum Gasteiger partial charge on any atom is -0.370 e. The molecule has 1 aromatic heterocycles. The number of anilines is 2. The summed E-state index contributed by atoms with van der Waals surface area (Å²) in [7, 11) is 0. The van der Waals surface area contributed by atoms with Gasteiger partial charge in [-0.05, 0) is 24.6 Å². The van der Waals surface area contributed by atoms with Gasteiger partial charge in [0.1, 0.15) is 23.7 Å². The highest BCUT2D eigenvalue weighted by Crippen LogP contribution is 2.11. The van der Waals surface area contributed by atoms with Gasteiger partial charge >= 0.3 is 0 Å². The molecular formula is C14H15FN4O. The number of hydrogen-bond donors (Lipinski definition) is 2. The van der Waals surface area contributed by atoms with E-state index >= 15 is 0 Å². The fourth-order valence-corrected chi connectivity index (χ4v) is 1.59. The predicted molar refractivity (Wildman–Crippen MR) is 75.2 cm³/mol. The fourth-order valence-electron chi connectivity index (χ4n) is 1.59. The number of aromatic nitrogens is 2. The van der Waals surface area contributed by atoms with Crippen LogP contribution in [0.25, 0.3) is 0 Å². The number of hydrogen-bond acceptors (Lipinski definition) is 4. The van der Waals surface area contributed by atoms with Crippen molar-refractivity contribution >= 4 is 17.4 Å². The Labute approximate surface area is 116 Å². The lowest BCUT2D eigenvalue weighted by atomic mass is 10.3. The zero-order chi connectivity index (χ0) is 14.4. The Kier molecular flexibility index (Phi) is 4.60. The van der Waals surface area contributed by atoms with Gasteiger partial charge in [0.15, 0.2) is 0 Å². The standard InChI is InChI=1S/C14H15FN4O/c1-2-6-16-13-8-12(17-9-18-13)14(20)19-11-5-3-4-10(15)7-11/h3-5,7-9H,2,6H2,1H3,(H,19,20)(H,16,17,18). The minimum absolute atomic E-state index is 0.225. The van der Waals surface area contributed by atoms with Crippen LogP contribution in [0.1, 0.15) is 23.8 Å². The maximum Gasteiger partial charge on any atom is 0.274 e. The molecule has 0 aliphatic carbocycles. The molecule has 0 saturated carbocycles. The lowest BCUT2D eigenvalue weighted by Crippen LogP contribution is -2.15. The highest BCUT2D eigenvalue weighted by molar-refractivity contribution is 6.03. The van der Waals surface area contributed by atoms with E-state index < -0.39 is 11.7 Å². The Morgan fingerprint density at radius 1 is 1.30 bits per heavy atom. The van der Waals surface area contributed by atoms with Crippen LogP contribution >= 0.6 is 0 Å². The van der Waals surface area contributed by atoms with Crippen molar-refractivity contribution in [2.24, 2.45) is 0 Å². The molecule has 0 fully saturated rings. The van der Waals surface area contributed by atoms with Gasteiger partial charge in [0.25, 0.3) is 5.91 Å². The molecule has 2 rings (SSSR count). The predicted octanol–water partition coefficient (Wildman–Crippen LogP) is 2.69. The average molecular weight is 274 g/mol. The van der Waals surface area contributed by atoms with Gasteiger partial charge in [0.2, 0.25) is 0 Å². The van der Waals surface area contributed by atoms with Crippen molar-refractivity contribution < 1.29 is 9.18 Å². The summed E-state index contributed by atoms with van der Waals surface area (Å²) >= 11 is 0. The van der Waals surface area contributed by atoms with E-state index in [1.165, 1.54) is 24.5 Å². The third-order valence-corrected chi connectivity index (χ3v) is 2.54. The first-order valence-electron chi connectivity index (χ1n) is 6.32. The van der Waals surface area contributed by atoms with E-state index in [9.17, 15) is 9.18 Å². The van der Waals surface area contributed by atoms with E-state index in [0.717, 1.165) is 13.0 Å². The summed E-state index contributed by atoms with van der Waals surface area (Å²) in [5.41, 5.74) is 0.611. The van der Waals surface area contributed by atoms with Crippen molar-refractivity contribution in [3.05, 3.63) is 48.2 Å². The van der Waals surface area contributed by atoms with Gasteiger partial charge in [-0.2, -0.15) is 0 Å². The Bertz CT molecular complexity index is 603. The molecule has 0 radical (unpaired) electrons. The molecule has 0 unspecified atom stereocenters. The molecule has 2 aromatic rings. The summed E-state index contributed by atoms with van der Waals surface area (Å²) in [6, 6.07) is 7.25. The summed E-state index contributed by atoms with van der Waals surface area (Å²) in [4.78, 5) is 19.9. The number of carbonyl (C=O) groups excluding carboxylic acids is 1. The lowest BCUT2D eigenvalue weighted by molar-refractivity contribution is 0.102. The molecular weight excluding hydrogens is 259 g/mol. The quantitative estimate of drug-likeness (QED) is 0.879. The number of halogens is 1. The van der Waals surface area contributed by atoms with Crippen molar-refractivity contribution in [2.75, 3.05) is 17.2 Å². The number of benzene rings is 1. The van der Waals surface area contributed by atoms with Crippen LogP contribution in [0, 0.1) is 5.82 Å². The van der Waals surface area contributed by atoms with E-state index in [4.69, 9.17) is 0 Å². The van der Waals surface area contributed by atoms with Crippen molar-refractivity contribution in [2.45, 2.75) is 13.3 Å². The van der Waals surface area contributed by atoms with Crippen LogP contribution in [0.3, 0.4) is 0 Å². The monoisotopic (exact) mass is 274 g/mol. The van der Waals surface area contributed by atoms with Crippen LogP contribution in [-0.2, 0) is 0 Å². The molecule has 0 aliphatic heterocycles. The van der Waals surface area contributed by atoms with Gasteiger partial charge in [-0.3, -0.25) is 4.79 Å². The SMILES string of the molecule is CCCNc1cc(C(=O)Nc2cccc(F)c2)ncn1. The van der Waals surface area contributed by atoms with Crippen molar-refractivity contribution in [3.63, 3.8) is 0 Å². The highest BCUT2D eigenvalue weighted by Gasteiger charge is 2.09. The van der Waals surface area contributed by atoms with E-state index in [1.807, 2.05) is 6.92 Å². The molecule has 0 bridgehead atoms. The number of rotatable bonds is 5. The molecule has 2 N–H and O–H groups in total. The number of amides is 1. The van der Waals surface area contributed by atoms with Gasteiger partial charge in [0, 0.05) is 18.3 Å². The van der Waals surface area contributed by atoms with Crippen LogP contribution in [-0.4, -0.2) is 22.4 Å². The molecule has 0 atom stereocenters. The topological polar surface area (TPSA) is 66.9 Å². The Hall–Kier alpha value is -2.50. The molecule has 104 valence electrons. The van der Waals surface area contributed by atoms with Crippen LogP contribution in [0.2, 0.25) is 0 Å². The third-order valence-electron chi connectivity index (χ3n) is 2.54. The number of carbonyl (C=O) groups is 1. The first-order valence-corrected chi connectivity index (χ1v) is 6.32.